The first-order valence-electron chi connectivity index (χ1n) is 2.93. The molecule has 0 aromatic rings. The second-order valence-corrected chi connectivity index (χ2v) is 1.21. The molecule has 0 unspecified atom stereocenters. The lowest BCUT2D eigenvalue weighted by Crippen LogP contribution is -1.69. The molecular weight excluding hydrogens is 98.1 g/mol. The summed E-state index contributed by atoms with van der Waals surface area (Å²) in [6, 6.07) is 0. The molecule has 2 N–H and O–H groups in total. The molecule has 8 heavy (non-hydrogen) atoms. The van der Waals surface area contributed by atoms with Crippen LogP contribution in [0.5, 0.6) is 0 Å². The van der Waals surface area contributed by atoms with Gasteiger partial charge in [0.25, 0.3) is 0 Å². The molecule has 0 heterocycles. The molecule has 0 bridgehead atoms. The molecule has 0 fully saturated rings. The Morgan fingerprint density at radius 3 is 1.12 bits per heavy atom. The number of allylic oxidation sites excluding steroid dienone is 1. The van der Waals surface area contributed by atoms with Gasteiger partial charge in [-0.2, -0.15) is 0 Å². The third-order valence-corrected chi connectivity index (χ3v) is 0. The van der Waals surface area contributed by atoms with Gasteiger partial charge in [0.15, 0.2) is 0 Å². The average Bonchev–Trinajstić information content (AvgIpc) is 1.75. The molecule has 0 aromatic heterocycles. The number of hydrogen-bond acceptors (Lipinski definition) is 1. The van der Waals surface area contributed by atoms with E-state index in [0.29, 0.717) is 0 Å². The van der Waals surface area contributed by atoms with Gasteiger partial charge in [0.2, 0.25) is 0 Å². The maximum atomic E-state index is 4.50. The molecule has 0 amide bonds. The van der Waals surface area contributed by atoms with Gasteiger partial charge in [-0.3, -0.25) is 0 Å². The Bertz CT molecular complexity index is 27.4. The Kier molecular flexibility index (Phi) is 58.4. The first-order valence-corrected chi connectivity index (χ1v) is 2.93. The third kappa shape index (κ3) is 1400. The zero-order valence-electron chi connectivity index (χ0n) is 6.78. The van der Waals surface area contributed by atoms with Crippen molar-refractivity contribution in [2.24, 2.45) is 5.73 Å². The van der Waals surface area contributed by atoms with Gasteiger partial charge in [-0.05, 0) is 20.9 Å². The smallest absolute Gasteiger partial charge is 0.0195 e. The second kappa shape index (κ2) is 29.9. The van der Waals surface area contributed by atoms with E-state index in [-0.39, 0.29) is 0 Å². The molecular formula is C7H19N. The van der Waals surface area contributed by atoms with Gasteiger partial charge in [-0.25, -0.2) is 0 Å². The predicted molar refractivity (Wildman–Crippen MR) is 41.9 cm³/mol. The van der Waals surface area contributed by atoms with Crippen molar-refractivity contribution in [3.05, 3.63) is 12.2 Å². The van der Waals surface area contributed by atoms with Gasteiger partial charge < -0.3 is 5.73 Å². The van der Waals surface area contributed by atoms with Crippen LogP contribution in [-0.2, 0) is 0 Å². The van der Waals surface area contributed by atoms with Crippen LogP contribution in [0.4, 0.5) is 0 Å². The predicted octanol–water partition coefficient (Wildman–Crippen LogP) is 2.18. The Balaban J connectivity index is -0.0000000542. The lowest BCUT2D eigenvalue weighted by atomic mass is 10.4. The Hall–Kier alpha value is -0.300. The van der Waals surface area contributed by atoms with E-state index in [2.05, 4.69) is 12.3 Å². The van der Waals surface area contributed by atoms with Crippen LogP contribution in [0.1, 0.15) is 27.7 Å². The van der Waals surface area contributed by atoms with Gasteiger partial charge in [0.1, 0.15) is 0 Å². The number of hydrogen-bond donors (Lipinski definition) is 1. The molecule has 0 aromatic carbocycles. The molecule has 0 saturated heterocycles. The molecule has 0 aliphatic heterocycles. The van der Waals surface area contributed by atoms with E-state index < -0.39 is 0 Å². The first-order chi connectivity index (χ1) is 3.73. The van der Waals surface area contributed by atoms with E-state index in [1.54, 1.807) is 0 Å². The van der Waals surface area contributed by atoms with Crippen molar-refractivity contribution >= 4 is 0 Å². The minimum absolute atomic E-state index is 1.17. The van der Waals surface area contributed by atoms with Crippen LogP contribution < -0.4 is 5.73 Å². The fraction of sp³-hybridized carbons (Fsp3) is 0.714. The largest absolute Gasteiger partial charge is 0.333 e. The van der Waals surface area contributed by atoms with E-state index in [4.69, 9.17) is 0 Å². The molecule has 0 saturated carbocycles. The Morgan fingerprint density at radius 1 is 1.12 bits per heavy atom. The Labute approximate surface area is 53.6 Å². The van der Waals surface area contributed by atoms with E-state index in [1.165, 1.54) is 12.6 Å². The third-order valence-electron chi connectivity index (χ3n) is 0. The van der Waals surface area contributed by atoms with Crippen molar-refractivity contribution in [1.29, 1.82) is 0 Å². The van der Waals surface area contributed by atoms with Crippen molar-refractivity contribution in [2.45, 2.75) is 27.7 Å². The summed E-state index contributed by atoms with van der Waals surface area (Å²) in [7, 11) is 1.50. The van der Waals surface area contributed by atoms with Crippen LogP contribution in [-0.4, -0.2) is 7.05 Å². The number of nitrogens with two attached hydrogens (primary N) is 1. The molecule has 1 nitrogen and oxygen atoms in total. The van der Waals surface area contributed by atoms with E-state index in [9.17, 15) is 0 Å². The average molecular weight is 117 g/mol. The molecule has 0 spiro atoms. The van der Waals surface area contributed by atoms with Gasteiger partial charge in [0, 0.05) is 0 Å². The van der Waals surface area contributed by atoms with Crippen molar-refractivity contribution in [2.75, 3.05) is 7.05 Å². The fourth-order valence-corrected chi connectivity index (χ4v) is 0. The normalized spacial score (nSPS) is 4.75. The zero-order valence-corrected chi connectivity index (χ0v) is 6.78. The second-order valence-electron chi connectivity index (χ2n) is 1.21. The molecule has 0 atom stereocenters. The van der Waals surface area contributed by atoms with Crippen LogP contribution in [0.3, 0.4) is 0 Å². The summed E-state index contributed by atoms with van der Waals surface area (Å²) in [5, 5.41) is 0. The van der Waals surface area contributed by atoms with Crippen molar-refractivity contribution in [3.8, 4) is 0 Å². The van der Waals surface area contributed by atoms with Gasteiger partial charge in [-0.1, -0.05) is 19.4 Å². The van der Waals surface area contributed by atoms with Crippen LogP contribution in [0, 0.1) is 0 Å². The van der Waals surface area contributed by atoms with Gasteiger partial charge in [0.05, 0.1) is 0 Å². The maximum Gasteiger partial charge on any atom is -0.0195 e. The van der Waals surface area contributed by atoms with Gasteiger partial charge >= 0.3 is 0 Å². The highest BCUT2D eigenvalue weighted by molar-refractivity contribution is 4.78. The highest BCUT2D eigenvalue weighted by Gasteiger charge is 1.51. The maximum absolute atomic E-state index is 4.50. The van der Waals surface area contributed by atoms with Crippen LogP contribution in [0.25, 0.3) is 0 Å². The minimum Gasteiger partial charge on any atom is -0.333 e. The fourth-order valence-electron chi connectivity index (χ4n) is 0. The quantitative estimate of drug-likeness (QED) is 0.483. The summed E-state index contributed by atoms with van der Waals surface area (Å²) >= 11 is 0. The molecule has 1 heteroatoms. The summed E-state index contributed by atoms with van der Waals surface area (Å²) in [5.74, 6) is 0. The molecule has 0 rings (SSSR count). The summed E-state index contributed by atoms with van der Waals surface area (Å²) in [6.45, 7) is 11.5. The van der Waals surface area contributed by atoms with E-state index >= 15 is 0 Å². The molecule has 0 aliphatic carbocycles. The molecule has 0 radical (unpaired) electrons. The number of rotatable bonds is 0. The summed E-state index contributed by atoms with van der Waals surface area (Å²) in [6.07, 6.45) is 0. The SMILES string of the molecule is C=C(C)C.CC.CN. The summed E-state index contributed by atoms with van der Waals surface area (Å²) in [5.41, 5.74) is 5.67. The minimum atomic E-state index is 1.17. The van der Waals surface area contributed by atoms with E-state index in [1.807, 2.05) is 27.7 Å². The highest BCUT2D eigenvalue weighted by atomic mass is 14.4. The Morgan fingerprint density at radius 2 is 1.12 bits per heavy atom. The van der Waals surface area contributed by atoms with Crippen molar-refractivity contribution in [3.63, 3.8) is 0 Å². The van der Waals surface area contributed by atoms with Crippen molar-refractivity contribution in [1.82, 2.24) is 0 Å². The van der Waals surface area contributed by atoms with E-state index in [0.717, 1.165) is 0 Å². The zero-order chi connectivity index (χ0) is 7.58. The lowest BCUT2D eigenvalue weighted by molar-refractivity contribution is 1.42. The van der Waals surface area contributed by atoms with Gasteiger partial charge in [-0.15, -0.1) is 6.58 Å². The molecule has 0 aliphatic rings. The van der Waals surface area contributed by atoms with Crippen LogP contribution >= 0.6 is 0 Å². The topological polar surface area (TPSA) is 26.0 Å². The van der Waals surface area contributed by atoms with Crippen LogP contribution in [0.2, 0.25) is 0 Å². The summed E-state index contributed by atoms with van der Waals surface area (Å²) < 4.78 is 0. The first kappa shape index (κ1) is 15.6. The monoisotopic (exact) mass is 117 g/mol. The summed E-state index contributed by atoms with van der Waals surface area (Å²) in [4.78, 5) is 0. The highest BCUT2D eigenvalue weighted by Crippen LogP contribution is 1.73. The lowest BCUT2D eigenvalue weighted by Gasteiger charge is -1.65. The molecule has 52 valence electrons. The standard InChI is InChI=1S/C4H8.C2H6.CH5N/c1-4(2)3;2*1-2/h1H2,2-3H3;1-2H3;2H2,1H3. The van der Waals surface area contributed by atoms with Crippen LogP contribution in [0.15, 0.2) is 12.2 Å². The van der Waals surface area contributed by atoms with Crippen molar-refractivity contribution < 1.29 is 0 Å².